The van der Waals surface area contributed by atoms with Gasteiger partial charge in [-0.2, -0.15) is 0 Å². The van der Waals surface area contributed by atoms with E-state index in [1.165, 1.54) is 71.5 Å². The van der Waals surface area contributed by atoms with Crippen LogP contribution in [0.4, 0.5) is 0 Å². The second kappa shape index (κ2) is 8.54. The minimum atomic E-state index is 0.173. The number of unbranched alkanes of at least 4 members (excludes halogenated alkanes) is 5. The van der Waals surface area contributed by atoms with Gasteiger partial charge in [-0.05, 0) is 40.5 Å². The van der Waals surface area contributed by atoms with Crippen LogP contribution in [0.1, 0.15) is 98.1 Å². The molecule has 3 rings (SSSR count). The van der Waals surface area contributed by atoms with Crippen LogP contribution in [0, 0.1) is 0 Å². The highest BCUT2D eigenvalue weighted by molar-refractivity contribution is 6.08. The Morgan fingerprint density at radius 3 is 1.52 bits per heavy atom. The lowest BCUT2D eigenvalue weighted by Crippen LogP contribution is -2.11. The first-order valence-corrected chi connectivity index (χ1v) is 11.7. The largest absolute Gasteiger partial charge is 0.340 e. The fourth-order valence-electron chi connectivity index (χ4n) is 4.32. The molecule has 1 nitrogen and oxygen atoms in total. The molecule has 1 heterocycles. The number of fused-ring (bicyclic) bond motifs is 3. The molecule has 0 aliphatic rings. The number of rotatable bonds is 7. The number of benzene rings is 2. The maximum absolute atomic E-state index is 2.61. The normalized spacial score (nSPS) is 12.9. The van der Waals surface area contributed by atoms with Gasteiger partial charge >= 0.3 is 0 Å². The van der Waals surface area contributed by atoms with Gasteiger partial charge in [-0.15, -0.1) is 0 Å². The van der Waals surface area contributed by atoms with E-state index < -0.39 is 0 Å². The predicted molar refractivity (Wildman–Crippen MR) is 130 cm³/mol. The Balaban J connectivity index is 2.05. The Hall–Kier alpha value is -1.76. The second-order valence-corrected chi connectivity index (χ2v) is 10.9. The zero-order valence-corrected chi connectivity index (χ0v) is 19.9. The molecule has 0 spiro atoms. The third-order valence-electron chi connectivity index (χ3n) is 6.33. The van der Waals surface area contributed by atoms with Gasteiger partial charge in [-0.3, -0.25) is 0 Å². The maximum Gasteiger partial charge on any atom is 0.0494 e. The molecule has 0 aliphatic heterocycles. The summed E-state index contributed by atoms with van der Waals surface area (Å²) in [6.07, 6.45) is 8.04. The van der Waals surface area contributed by atoms with Gasteiger partial charge in [0.25, 0.3) is 0 Å². The first kappa shape index (κ1) is 21.9. The van der Waals surface area contributed by atoms with Crippen molar-refractivity contribution in [2.75, 3.05) is 0 Å². The molecule has 1 aromatic heterocycles. The molecule has 0 bridgehead atoms. The van der Waals surface area contributed by atoms with Crippen molar-refractivity contribution in [3.05, 3.63) is 47.5 Å². The van der Waals surface area contributed by atoms with Gasteiger partial charge < -0.3 is 4.57 Å². The molecule has 3 aromatic rings. The maximum atomic E-state index is 2.61. The molecular weight excluding hydrogens is 350 g/mol. The van der Waals surface area contributed by atoms with Crippen LogP contribution in [-0.2, 0) is 17.4 Å². The van der Waals surface area contributed by atoms with Crippen molar-refractivity contribution >= 4 is 21.8 Å². The van der Waals surface area contributed by atoms with Gasteiger partial charge in [-0.1, -0.05) is 105 Å². The smallest absolute Gasteiger partial charge is 0.0494 e. The van der Waals surface area contributed by atoms with E-state index in [0.717, 1.165) is 6.54 Å². The SMILES string of the molecule is CCCCCCCCn1c2cc(C(C)(C)C)ccc2c2ccc(C(C)(C)C)cc21. The monoisotopic (exact) mass is 391 g/mol. The number of nitrogens with zero attached hydrogens (tertiary/aromatic N) is 1. The van der Waals surface area contributed by atoms with Crippen molar-refractivity contribution in [2.45, 2.75) is 104 Å². The van der Waals surface area contributed by atoms with Gasteiger partial charge in [0.15, 0.2) is 0 Å². The molecular formula is C28H41N. The van der Waals surface area contributed by atoms with Crippen molar-refractivity contribution in [1.82, 2.24) is 4.57 Å². The van der Waals surface area contributed by atoms with Crippen LogP contribution < -0.4 is 0 Å². The van der Waals surface area contributed by atoms with E-state index in [4.69, 9.17) is 0 Å². The predicted octanol–water partition coefficient (Wildman–Crippen LogP) is 8.75. The summed E-state index contributed by atoms with van der Waals surface area (Å²) < 4.78 is 2.61. The highest BCUT2D eigenvalue weighted by Gasteiger charge is 2.19. The molecule has 2 aromatic carbocycles. The minimum absolute atomic E-state index is 0.173. The molecule has 0 unspecified atom stereocenters. The first-order valence-electron chi connectivity index (χ1n) is 11.7. The molecule has 0 atom stereocenters. The van der Waals surface area contributed by atoms with Crippen LogP contribution in [0.5, 0.6) is 0 Å². The summed E-state index contributed by atoms with van der Waals surface area (Å²) >= 11 is 0. The average Bonchev–Trinajstić information content (AvgIpc) is 2.96. The third kappa shape index (κ3) is 4.87. The Labute approximate surface area is 178 Å². The van der Waals surface area contributed by atoms with Crippen LogP contribution in [-0.4, -0.2) is 4.57 Å². The number of aryl methyl sites for hydroxylation is 1. The summed E-state index contributed by atoms with van der Waals surface area (Å²) in [4.78, 5) is 0. The van der Waals surface area contributed by atoms with Crippen LogP contribution >= 0.6 is 0 Å². The molecule has 0 radical (unpaired) electrons. The van der Waals surface area contributed by atoms with Gasteiger partial charge in [0.2, 0.25) is 0 Å². The lowest BCUT2D eigenvalue weighted by Gasteiger charge is -2.20. The zero-order valence-electron chi connectivity index (χ0n) is 19.9. The van der Waals surface area contributed by atoms with Crippen LogP contribution in [0.2, 0.25) is 0 Å². The Bertz CT molecular complexity index is 889. The quantitative estimate of drug-likeness (QED) is 0.355. The van der Waals surface area contributed by atoms with E-state index in [2.05, 4.69) is 89.4 Å². The van der Waals surface area contributed by atoms with Crippen LogP contribution in [0.3, 0.4) is 0 Å². The van der Waals surface area contributed by atoms with E-state index in [1.54, 1.807) is 0 Å². The van der Waals surface area contributed by atoms with E-state index >= 15 is 0 Å². The number of aromatic nitrogens is 1. The van der Waals surface area contributed by atoms with Crippen molar-refractivity contribution in [3.63, 3.8) is 0 Å². The zero-order chi connectivity index (χ0) is 21.2. The summed E-state index contributed by atoms with van der Waals surface area (Å²) in [7, 11) is 0. The summed E-state index contributed by atoms with van der Waals surface area (Å²) in [5.41, 5.74) is 6.01. The number of hydrogen-bond donors (Lipinski definition) is 0. The highest BCUT2D eigenvalue weighted by atomic mass is 15.0. The topological polar surface area (TPSA) is 4.93 Å². The molecule has 0 saturated carbocycles. The number of hydrogen-bond acceptors (Lipinski definition) is 0. The fourth-order valence-corrected chi connectivity index (χ4v) is 4.32. The van der Waals surface area contributed by atoms with Crippen LogP contribution in [0.15, 0.2) is 36.4 Å². The molecule has 158 valence electrons. The minimum Gasteiger partial charge on any atom is -0.340 e. The fraction of sp³-hybridized carbons (Fsp3) is 0.571. The van der Waals surface area contributed by atoms with E-state index in [-0.39, 0.29) is 10.8 Å². The van der Waals surface area contributed by atoms with Gasteiger partial charge in [0.05, 0.1) is 0 Å². The van der Waals surface area contributed by atoms with Crippen molar-refractivity contribution in [2.24, 2.45) is 0 Å². The van der Waals surface area contributed by atoms with Crippen molar-refractivity contribution < 1.29 is 0 Å². The average molecular weight is 392 g/mol. The molecule has 0 aliphatic carbocycles. The molecule has 29 heavy (non-hydrogen) atoms. The van der Waals surface area contributed by atoms with E-state index in [9.17, 15) is 0 Å². The standard InChI is InChI=1S/C28H41N/c1-8-9-10-11-12-13-18-29-25-19-21(27(2,3)4)14-16-23(25)24-17-15-22(20-26(24)29)28(5,6)7/h14-17,19-20H,8-13,18H2,1-7H3. The summed E-state index contributed by atoms with van der Waals surface area (Å²) in [6, 6.07) is 14.3. The molecule has 0 N–H and O–H groups in total. The summed E-state index contributed by atoms with van der Waals surface area (Å²) in [5.74, 6) is 0. The Morgan fingerprint density at radius 2 is 1.07 bits per heavy atom. The van der Waals surface area contributed by atoms with Crippen LogP contribution in [0.25, 0.3) is 21.8 Å². The summed E-state index contributed by atoms with van der Waals surface area (Å²) in [6.45, 7) is 17.3. The Morgan fingerprint density at radius 1 is 0.621 bits per heavy atom. The van der Waals surface area contributed by atoms with Crippen molar-refractivity contribution in [1.29, 1.82) is 0 Å². The highest BCUT2D eigenvalue weighted by Crippen LogP contribution is 2.35. The summed E-state index contributed by atoms with van der Waals surface area (Å²) in [5, 5.41) is 2.80. The van der Waals surface area contributed by atoms with Gasteiger partial charge in [0, 0.05) is 28.4 Å². The van der Waals surface area contributed by atoms with Gasteiger partial charge in [0.1, 0.15) is 0 Å². The Kier molecular flexibility index (Phi) is 6.46. The molecule has 0 saturated heterocycles. The van der Waals surface area contributed by atoms with E-state index in [0.29, 0.717) is 0 Å². The second-order valence-electron chi connectivity index (χ2n) is 10.9. The molecule has 1 heteroatoms. The van der Waals surface area contributed by atoms with Crippen molar-refractivity contribution in [3.8, 4) is 0 Å². The third-order valence-corrected chi connectivity index (χ3v) is 6.33. The molecule has 0 amide bonds. The van der Waals surface area contributed by atoms with E-state index in [1.807, 2.05) is 0 Å². The molecule has 0 fully saturated rings. The lowest BCUT2D eigenvalue weighted by atomic mass is 9.86. The first-order chi connectivity index (χ1) is 13.6. The lowest BCUT2D eigenvalue weighted by molar-refractivity contribution is 0.568. The van der Waals surface area contributed by atoms with Gasteiger partial charge in [-0.25, -0.2) is 0 Å².